The maximum atomic E-state index is 5.87. The molecule has 0 aliphatic rings. The molecule has 0 saturated heterocycles. The summed E-state index contributed by atoms with van der Waals surface area (Å²) < 4.78 is 6.43. The lowest BCUT2D eigenvalue weighted by Gasteiger charge is -2.12. The fraction of sp³-hybridized carbons (Fsp3) is 0.200. The van der Waals surface area contributed by atoms with Gasteiger partial charge in [0.2, 0.25) is 0 Å². The zero-order valence-electron chi connectivity index (χ0n) is 11.0. The van der Waals surface area contributed by atoms with Crippen molar-refractivity contribution < 1.29 is 4.74 Å². The molecule has 0 aromatic heterocycles. The first kappa shape index (κ1) is 13.7. The highest BCUT2D eigenvalue weighted by atomic mass is 79.9. The third-order valence-electron chi connectivity index (χ3n) is 2.78. The Morgan fingerprint density at radius 1 is 1.26 bits per heavy atom. The highest BCUT2D eigenvalue weighted by molar-refractivity contribution is 9.10. The maximum Gasteiger partial charge on any atom is 0.121 e. The van der Waals surface area contributed by atoms with Crippen molar-refractivity contribution in [1.29, 1.82) is 0 Å². The lowest BCUT2D eigenvalue weighted by molar-refractivity contribution is 0.340. The molecule has 100 valence electrons. The Labute approximate surface area is 121 Å². The molecule has 0 amide bonds. The molecule has 0 heterocycles. The molecule has 2 aromatic carbocycles. The van der Waals surface area contributed by atoms with Gasteiger partial charge in [-0.05, 0) is 59.6 Å². The van der Waals surface area contributed by atoms with Gasteiger partial charge in [0.05, 0.1) is 12.3 Å². The molecule has 0 aliphatic carbocycles. The van der Waals surface area contributed by atoms with Gasteiger partial charge >= 0.3 is 0 Å². The summed E-state index contributed by atoms with van der Waals surface area (Å²) in [6, 6.07) is 11.8. The molecular formula is C15H17BrN2O. The molecule has 3 N–H and O–H groups in total. The Kier molecular flexibility index (Phi) is 4.32. The molecule has 0 bridgehead atoms. The van der Waals surface area contributed by atoms with Gasteiger partial charge in [0.15, 0.2) is 0 Å². The number of hydrogen-bond acceptors (Lipinski definition) is 3. The van der Waals surface area contributed by atoms with Gasteiger partial charge in [-0.3, -0.25) is 0 Å². The zero-order chi connectivity index (χ0) is 13.8. The number of halogens is 1. The van der Waals surface area contributed by atoms with Crippen molar-refractivity contribution >= 4 is 33.0 Å². The molecule has 2 aromatic rings. The van der Waals surface area contributed by atoms with Crippen LogP contribution in [-0.2, 0) is 0 Å². The average molecular weight is 321 g/mol. The van der Waals surface area contributed by atoms with Crippen LogP contribution in [0.3, 0.4) is 0 Å². The van der Waals surface area contributed by atoms with E-state index in [2.05, 4.69) is 21.2 Å². The molecule has 0 spiro atoms. The van der Waals surface area contributed by atoms with Crippen LogP contribution in [0.15, 0.2) is 40.9 Å². The first-order chi connectivity index (χ1) is 9.10. The van der Waals surface area contributed by atoms with Gasteiger partial charge in [-0.15, -0.1) is 0 Å². The van der Waals surface area contributed by atoms with Crippen molar-refractivity contribution in [2.24, 2.45) is 0 Å². The Morgan fingerprint density at radius 3 is 2.79 bits per heavy atom. The SMILES string of the molecule is CCOc1cccc(Nc2cc(C)c(N)cc2Br)c1. The summed E-state index contributed by atoms with van der Waals surface area (Å²) >= 11 is 3.51. The molecule has 0 atom stereocenters. The third kappa shape index (κ3) is 3.41. The lowest BCUT2D eigenvalue weighted by Crippen LogP contribution is -1.97. The molecule has 0 radical (unpaired) electrons. The first-order valence-corrected chi connectivity index (χ1v) is 6.95. The van der Waals surface area contributed by atoms with Gasteiger partial charge in [-0.2, -0.15) is 0 Å². The van der Waals surface area contributed by atoms with E-state index in [1.54, 1.807) is 0 Å². The zero-order valence-corrected chi connectivity index (χ0v) is 12.6. The predicted molar refractivity (Wildman–Crippen MR) is 84.2 cm³/mol. The second-order valence-electron chi connectivity index (χ2n) is 4.27. The van der Waals surface area contributed by atoms with E-state index in [9.17, 15) is 0 Å². The summed E-state index contributed by atoms with van der Waals surface area (Å²) in [6.45, 7) is 4.62. The molecule has 19 heavy (non-hydrogen) atoms. The highest BCUT2D eigenvalue weighted by Gasteiger charge is 2.04. The number of benzene rings is 2. The minimum atomic E-state index is 0.661. The van der Waals surface area contributed by atoms with Gasteiger partial charge < -0.3 is 15.8 Å². The van der Waals surface area contributed by atoms with E-state index >= 15 is 0 Å². The molecule has 0 aliphatic heterocycles. The minimum Gasteiger partial charge on any atom is -0.494 e. The molecule has 0 fully saturated rings. The Morgan fingerprint density at radius 2 is 2.05 bits per heavy atom. The third-order valence-corrected chi connectivity index (χ3v) is 3.44. The smallest absolute Gasteiger partial charge is 0.121 e. The summed E-state index contributed by atoms with van der Waals surface area (Å²) in [5, 5.41) is 3.36. The van der Waals surface area contributed by atoms with E-state index in [0.717, 1.165) is 32.8 Å². The quantitative estimate of drug-likeness (QED) is 0.816. The number of aryl methyl sites for hydroxylation is 1. The van der Waals surface area contributed by atoms with Gasteiger partial charge in [0.25, 0.3) is 0 Å². The van der Waals surface area contributed by atoms with Crippen LogP contribution in [-0.4, -0.2) is 6.61 Å². The second kappa shape index (κ2) is 5.97. The van der Waals surface area contributed by atoms with Gasteiger partial charge in [-0.25, -0.2) is 0 Å². The molecule has 4 heteroatoms. The number of hydrogen-bond donors (Lipinski definition) is 2. The highest BCUT2D eigenvalue weighted by Crippen LogP contribution is 2.31. The molecule has 3 nitrogen and oxygen atoms in total. The number of rotatable bonds is 4. The van der Waals surface area contributed by atoms with E-state index in [1.807, 2.05) is 50.2 Å². The summed E-state index contributed by atoms with van der Waals surface area (Å²) in [6.07, 6.45) is 0. The average Bonchev–Trinajstić information content (AvgIpc) is 2.37. The maximum absolute atomic E-state index is 5.87. The van der Waals surface area contributed by atoms with Crippen LogP contribution in [0.2, 0.25) is 0 Å². The van der Waals surface area contributed by atoms with Gasteiger partial charge in [-0.1, -0.05) is 6.07 Å². The van der Waals surface area contributed by atoms with E-state index < -0.39 is 0 Å². The fourth-order valence-electron chi connectivity index (χ4n) is 1.78. The van der Waals surface area contributed by atoms with Crippen LogP contribution in [0.4, 0.5) is 17.1 Å². The van der Waals surface area contributed by atoms with E-state index in [-0.39, 0.29) is 0 Å². The van der Waals surface area contributed by atoms with Crippen LogP contribution < -0.4 is 15.8 Å². The number of nitrogens with one attached hydrogen (secondary N) is 1. The van der Waals surface area contributed by atoms with Crippen molar-refractivity contribution in [1.82, 2.24) is 0 Å². The predicted octanol–water partition coefficient (Wildman–Crippen LogP) is 4.48. The fourth-order valence-corrected chi connectivity index (χ4v) is 2.24. The first-order valence-electron chi connectivity index (χ1n) is 6.15. The van der Waals surface area contributed by atoms with Crippen LogP contribution in [0, 0.1) is 6.92 Å². The van der Waals surface area contributed by atoms with E-state index in [0.29, 0.717) is 6.61 Å². The van der Waals surface area contributed by atoms with Gasteiger partial charge in [0.1, 0.15) is 5.75 Å². The Bertz CT molecular complexity index is 584. The van der Waals surface area contributed by atoms with E-state index in [4.69, 9.17) is 10.5 Å². The Hall–Kier alpha value is -1.68. The van der Waals surface area contributed by atoms with Crippen LogP contribution >= 0.6 is 15.9 Å². The molecule has 2 rings (SSSR count). The minimum absolute atomic E-state index is 0.661. The summed E-state index contributed by atoms with van der Waals surface area (Å²) in [5.41, 5.74) is 9.66. The van der Waals surface area contributed by atoms with Crippen LogP contribution in [0.5, 0.6) is 5.75 Å². The van der Waals surface area contributed by atoms with Gasteiger partial charge in [0, 0.05) is 21.9 Å². The van der Waals surface area contributed by atoms with Crippen LogP contribution in [0.1, 0.15) is 12.5 Å². The van der Waals surface area contributed by atoms with Crippen molar-refractivity contribution in [3.05, 3.63) is 46.4 Å². The summed E-state index contributed by atoms with van der Waals surface area (Å²) in [5.74, 6) is 0.857. The largest absolute Gasteiger partial charge is 0.494 e. The number of ether oxygens (including phenoxy) is 1. The number of nitrogen functional groups attached to an aromatic ring is 1. The second-order valence-corrected chi connectivity index (χ2v) is 5.13. The Balaban J connectivity index is 2.25. The summed E-state index contributed by atoms with van der Waals surface area (Å²) in [7, 11) is 0. The van der Waals surface area contributed by atoms with Crippen molar-refractivity contribution in [2.45, 2.75) is 13.8 Å². The molecule has 0 saturated carbocycles. The number of anilines is 3. The monoisotopic (exact) mass is 320 g/mol. The topological polar surface area (TPSA) is 47.3 Å². The standard InChI is InChI=1S/C15H17BrN2O/c1-3-19-12-6-4-5-11(8-12)18-15-7-10(2)14(17)9-13(15)16/h4-9,18H,3,17H2,1-2H3. The number of nitrogens with two attached hydrogens (primary N) is 1. The lowest BCUT2D eigenvalue weighted by atomic mass is 10.2. The molecular weight excluding hydrogens is 304 g/mol. The van der Waals surface area contributed by atoms with Crippen molar-refractivity contribution in [3.8, 4) is 5.75 Å². The van der Waals surface area contributed by atoms with E-state index in [1.165, 1.54) is 0 Å². The summed E-state index contributed by atoms with van der Waals surface area (Å²) in [4.78, 5) is 0. The van der Waals surface area contributed by atoms with Crippen LogP contribution in [0.25, 0.3) is 0 Å². The van der Waals surface area contributed by atoms with Crippen molar-refractivity contribution in [2.75, 3.05) is 17.7 Å². The van der Waals surface area contributed by atoms with Crippen molar-refractivity contribution in [3.63, 3.8) is 0 Å². The normalized spacial score (nSPS) is 10.3. The molecule has 0 unspecified atom stereocenters.